The van der Waals surface area contributed by atoms with Crippen LogP contribution in [-0.2, 0) is 11.3 Å². The van der Waals surface area contributed by atoms with Gasteiger partial charge in [-0.2, -0.15) is 0 Å². The third kappa shape index (κ3) is 5.00. The van der Waals surface area contributed by atoms with Crippen LogP contribution in [0.5, 0.6) is 5.75 Å². The van der Waals surface area contributed by atoms with Crippen molar-refractivity contribution in [2.24, 2.45) is 0 Å². The van der Waals surface area contributed by atoms with Crippen molar-refractivity contribution in [2.45, 2.75) is 39.8 Å². The molecule has 0 aliphatic carbocycles. The molecule has 1 amide bonds. The highest BCUT2D eigenvalue weighted by molar-refractivity contribution is 6.31. The number of benzene rings is 2. The van der Waals surface area contributed by atoms with Gasteiger partial charge in [-0.05, 0) is 49.6 Å². The molecule has 0 aromatic heterocycles. The lowest BCUT2D eigenvalue weighted by Crippen LogP contribution is -2.37. The molecular formula is C19H22ClNO2. The van der Waals surface area contributed by atoms with Crippen LogP contribution in [0.15, 0.2) is 42.5 Å². The molecule has 0 aliphatic heterocycles. The number of amides is 1. The molecule has 0 saturated carbocycles. The van der Waals surface area contributed by atoms with Crippen LogP contribution in [0.3, 0.4) is 0 Å². The van der Waals surface area contributed by atoms with Crippen molar-refractivity contribution in [3.05, 3.63) is 64.2 Å². The SMILES string of the molecule is CC[C@@H](Oc1ccc(Cl)c(C)c1)C(=O)NCc1ccc(C)cc1. The quantitative estimate of drug-likeness (QED) is 0.850. The zero-order valence-corrected chi connectivity index (χ0v) is 14.5. The molecule has 2 rings (SSSR count). The fourth-order valence-electron chi connectivity index (χ4n) is 2.19. The number of ether oxygens (including phenoxy) is 1. The van der Waals surface area contributed by atoms with E-state index in [1.807, 2.05) is 51.1 Å². The Morgan fingerprint density at radius 2 is 1.87 bits per heavy atom. The summed E-state index contributed by atoms with van der Waals surface area (Å²) in [7, 11) is 0. The first kappa shape index (κ1) is 17.4. The van der Waals surface area contributed by atoms with E-state index < -0.39 is 6.10 Å². The summed E-state index contributed by atoms with van der Waals surface area (Å²) in [5, 5.41) is 3.61. The lowest BCUT2D eigenvalue weighted by molar-refractivity contribution is -0.128. The van der Waals surface area contributed by atoms with Crippen LogP contribution in [0.25, 0.3) is 0 Å². The number of hydrogen-bond acceptors (Lipinski definition) is 2. The Morgan fingerprint density at radius 1 is 1.17 bits per heavy atom. The third-order valence-corrected chi connectivity index (χ3v) is 4.08. The molecule has 2 aromatic rings. The van der Waals surface area contributed by atoms with Gasteiger partial charge in [0.05, 0.1) is 0 Å². The molecule has 2 aromatic carbocycles. The van der Waals surface area contributed by atoms with Crippen LogP contribution in [0.2, 0.25) is 5.02 Å². The predicted octanol–water partition coefficient (Wildman–Crippen LogP) is 4.43. The lowest BCUT2D eigenvalue weighted by atomic mass is 10.1. The first-order valence-electron chi connectivity index (χ1n) is 7.75. The molecule has 0 heterocycles. The van der Waals surface area contributed by atoms with Gasteiger partial charge in [0.25, 0.3) is 5.91 Å². The fraction of sp³-hybridized carbons (Fsp3) is 0.316. The van der Waals surface area contributed by atoms with Gasteiger partial charge in [0.15, 0.2) is 6.10 Å². The highest BCUT2D eigenvalue weighted by Gasteiger charge is 2.18. The van der Waals surface area contributed by atoms with E-state index in [4.69, 9.17) is 16.3 Å². The van der Waals surface area contributed by atoms with E-state index in [-0.39, 0.29) is 5.91 Å². The molecule has 4 heteroatoms. The molecule has 1 atom stereocenters. The Hall–Kier alpha value is -2.00. The van der Waals surface area contributed by atoms with Gasteiger partial charge < -0.3 is 10.1 Å². The first-order valence-corrected chi connectivity index (χ1v) is 8.13. The predicted molar refractivity (Wildman–Crippen MR) is 93.9 cm³/mol. The highest BCUT2D eigenvalue weighted by Crippen LogP contribution is 2.22. The van der Waals surface area contributed by atoms with Crippen molar-refractivity contribution in [3.8, 4) is 5.75 Å². The number of rotatable bonds is 6. The largest absolute Gasteiger partial charge is 0.481 e. The average molecular weight is 332 g/mol. The van der Waals surface area contributed by atoms with Crippen LogP contribution >= 0.6 is 11.6 Å². The Morgan fingerprint density at radius 3 is 2.48 bits per heavy atom. The van der Waals surface area contributed by atoms with Crippen LogP contribution in [-0.4, -0.2) is 12.0 Å². The number of halogens is 1. The standard InChI is InChI=1S/C19H22ClNO2/c1-4-18(23-16-9-10-17(20)14(3)11-16)19(22)21-12-15-7-5-13(2)6-8-15/h5-11,18H,4,12H2,1-3H3,(H,21,22)/t18-/m1/s1. The smallest absolute Gasteiger partial charge is 0.261 e. The van der Waals surface area contributed by atoms with Gasteiger partial charge in [0.1, 0.15) is 5.75 Å². The van der Waals surface area contributed by atoms with E-state index in [0.29, 0.717) is 23.7 Å². The van der Waals surface area contributed by atoms with E-state index in [1.165, 1.54) is 5.56 Å². The molecule has 1 N–H and O–H groups in total. The van der Waals surface area contributed by atoms with E-state index in [9.17, 15) is 4.79 Å². The minimum absolute atomic E-state index is 0.110. The second-order valence-corrected chi connectivity index (χ2v) is 6.04. The molecule has 0 radical (unpaired) electrons. The molecule has 122 valence electrons. The van der Waals surface area contributed by atoms with Crippen molar-refractivity contribution in [1.29, 1.82) is 0 Å². The molecule has 23 heavy (non-hydrogen) atoms. The van der Waals surface area contributed by atoms with E-state index in [2.05, 4.69) is 5.32 Å². The van der Waals surface area contributed by atoms with E-state index >= 15 is 0 Å². The summed E-state index contributed by atoms with van der Waals surface area (Å²) in [6.45, 7) is 6.38. The third-order valence-electron chi connectivity index (χ3n) is 3.66. The van der Waals surface area contributed by atoms with Crippen LogP contribution < -0.4 is 10.1 Å². The molecule has 0 saturated heterocycles. The number of aryl methyl sites for hydroxylation is 2. The van der Waals surface area contributed by atoms with Crippen molar-refractivity contribution in [2.75, 3.05) is 0 Å². The summed E-state index contributed by atoms with van der Waals surface area (Å²) in [5.41, 5.74) is 3.20. The van der Waals surface area contributed by atoms with Crippen LogP contribution in [0.1, 0.15) is 30.0 Å². The molecule has 0 unspecified atom stereocenters. The minimum atomic E-state index is -0.513. The van der Waals surface area contributed by atoms with Crippen molar-refractivity contribution >= 4 is 17.5 Å². The van der Waals surface area contributed by atoms with Gasteiger partial charge in [-0.1, -0.05) is 48.4 Å². The highest BCUT2D eigenvalue weighted by atomic mass is 35.5. The minimum Gasteiger partial charge on any atom is -0.481 e. The number of carbonyl (C=O) groups excluding carboxylic acids is 1. The van der Waals surface area contributed by atoms with E-state index in [0.717, 1.165) is 11.1 Å². The summed E-state index contributed by atoms with van der Waals surface area (Å²) < 4.78 is 5.80. The summed E-state index contributed by atoms with van der Waals surface area (Å²) in [4.78, 5) is 12.3. The van der Waals surface area contributed by atoms with Crippen molar-refractivity contribution in [1.82, 2.24) is 5.32 Å². The second kappa shape index (κ2) is 8.02. The summed E-state index contributed by atoms with van der Waals surface area (Å²) >= 11 is 6.01. The second-order valence-electron chi connectivity index (χ2n) is 5.63. The maximum atomic E-state index is 12.3. The Kier molecular flexibility index (Phi) is 6.05. The molecule has 0 aliphatic rings. The van der Waals surface area contributed by atoms with Crippen LogP contribution in [0, 0.1) is 13.8 Å². The zero-order valence-electron chi connectivity index (χ0n) is 13.7. The molecule has 0 fully saturated rings. The molecular weight excluding hydrogens is 310 g/mol. The van der Waals surface area contributed by atoms with Crippen LogP contribution in [0.4, 0.5) is 0 Å². The van der Waals surface area contributed by atoms with Crippen molar-refractivity contribution in [3.63, 3.8) is 0 Å². The Bertz CT molecular complexity index is 668. The monoisotopic (exact) mass is 331 g/mol. The summed E-state index contributed by atoms with van der Waals surface area (Å²) in [5.74, 6) is 0.546. The van der Waals surface area contributed by atoms with Gasteiger partial charge in [-0.25, -0.2) is 0 Å². The Balaban J connectivity index is 1.95. The Labute approximate surface area is 142 Å². The van der Waals surface area contributed by atoms with Gasteiger partial charge in [0.2, 0.25) is 0 Å². The van der Waals surface area contributed by atoms with Gasteiger partial charge in [-0.3, -0.25) is 4.79 Å². The first-order chi connectivity index (χ1) is 11.0. The van der Waals surface area contributed by atoms with Crippen molar-refractivity contribution < 1.29 is 9.53 Å². The topological polar surface area (TPSA) is 38.3 Å². The normalized spacial score (nSPS) is 11.8. The van der Waals surface area contributed by atoms with Gasteiger partial charge in [-0.15, -0.1) is 0 Å². The fourth-order valence-corrected chi connectivity index (χ4v) is 2.30. The molecule has 0 spiro atoms. The van der Waals surface area contributed by atoms with E-state index in [1.54, 1.807) is 12.1 Å². The number of nitrogens with one attached hydrogen (secondary N) is 1. The molecule has 3 nitrogen and oxygen atoms in total. The number of hydrogen-bond donors (Lipinski definition) is 1. The zero-order chi connectivity index (χ0) is 16.8. The van der Waals surface area contributed by atoms with Gasteiger partial charge >= 0.3 is 0 Å². The van der Waals surface area contributed by atoms with Gasteiger partial charge in [0, 0.05) is 11.6 Å². The maximum Gasteiger partial charge on any atom is 0.261 e. The maximum absolute atomic E-state index is 12.3. The molecule has 0 bridgehead atoms. The summed E-state index contributed by atoms with van der Waals surface area (Å²) in [6.07, 6.45) is 0.0857. The summed E-state index contributed by atoms with van der Waals surface area (Å²) in [6, 6.07) is 13.5. The average Bonchev–Trinajstić information content (AvgIpc) is 2.55. The number of carbonyl (C=O) groups is 1. The lowest BCUT2D eigenvalue weighted by Gasteiger charge is -2.18.